The monoisotopic (exact) mass is 304 g/mol. The maximum Gasteiger partial charge on any atom is 0.238 e. The van der Waals surface area contributed by atoms with Crippen molar-refractivity contribution in [1.29, 1.82) is 0 Å². The number of aliphatic hydroxyl groups is 1. The molecular formula is C14H20N6O2. The summed E-state index contributed by atoms with van der Waals surface area (Å²) in [7, 11) is 1.83. The average Bonchev–Trinajstić information content (AvgIpc) is 3.01. The van der Waals surface area contributed by atoms with Gasteiger partial charge in [-0.25, -0.2) is 0 Å². The molecule has 0 aliphatic carbocycles. The first kappa shape index (κ1) is 14.7. The summed E-state index contributed by atoms with van der Waals surface area (Å²) in [4.78, 5) is 14.2. The average molecular weight is 304 g/mol. The van der Waals surface area contributed by atoms with Crippen LogP contribution in [-0.2, 0) is 31.5 Å². The van der Waals surface area contributed by atoms with E-state index in [2.05, 4.69) is 20.4 Å². The molecule has 8 heteroatoms. The molecule has 0 bridgehead atoms. The molecule has 1 aliphatic heterocycles. The van der Waals surface area contributed by atoms with E-state index in [4.69, 9.17) is 5.11 Å². The smallest absolute Gasteiger partial charge is 0.238 e. The van der Waals surface area contributed by atoms with Crippen molar-refractivity contribution in [3.8, 4) is 0 Å². The lowest BCUT2D eigenvalue weighted by molar-refractivity contribution is -0.117. The van der Waals surface area contributed by atoms with E-state index in [0.29, 0.717) is 18.8 Å². The molecule has 3 heterocycles. The second kappa shape index (κ2) is 5.90. The summed E-state index contributed by atoms with van der Waals surface area (Å²) in [5.74, 6) is -0.0496. The first-order chi connectivity index (χ1) is 10.5. The molecule has 2 N–H and O–H groups in total. The number of amides is 1. The topological polar surface area (TPSA) is 88.2 Å². The predicted octanol–water partition coefficient (Wildman–Crippen LogP) is -0.128. The maximum absolute atomic E-state index is 12.2. The molecule has 0 spiro atoms. The Morgan fingerprint density at radius 1 is 1.41 bits per heavy atom. The lowest BCUT2D eigenvalue weighted by atomic mass is 10.2. The SMILES string of the molecule is Cc1nn(C)cc1NC(=O)CN1CCn2nc(CO)cc2C1. The van der Waals surface area contributed by atoms with Crippen molar-refractivity contribution in [3.63, 3.8) is 0 Å². The third-order valence-electron chi connectivity index (χ3n) is 3.74. The Kier molecular flexibility index (Phi) is 3.95. The third-order valence-corrected chi connectivity index (χ3v) is 3.74. The lowest BCUT2D eigenvalue weighted by Crippen LogP contribution is -2.39. The summed E-state index contributed by atoms with van der Waals surface area (Å²) in [6.45, 7) is 4.29. The summed E-state index contributed by atoms with van der Waals surface area (Å²) < 4.78 is 3.58. The standard InChI is InChI=1S/C14H20N6O2/c1-10-13(7-18(2)16-10)15-14(22)8-19-3-4-20-12(6-19)5-11(9-21)17-20/h5,7,21H,3-4,6,8-9H2,1-2H3,(H,15,22). The Balaban J connectivity index is 1.59. The van der Waals surface area contributed by atoms with E-state index in [1.54, 1.807) is 10.9 Å². The highest BCUT2D eigenvalue weighted by Crippen LogP contribution is 2.15. The van der Waals surface area contributed by atoms with Gasteiger partial charge in [0.1, 0.15) is 0 Å². The first-order valence-corrected chi connectivity index (χ1v) is 7.24. The number of aromatic nitrogens is 4. The van der Waals surface area contributed by atoms with Gasteiger partial charge < -0.3 is 10.4 Å². The van der Waals surface area contributed by atoms with Gasteiger partial charge in [-0.15, -0.1) is 0 Å². The van der Waals surface area contributed by atoms with Crippen molar-refractivity contribution in [2.75, 3.05) is 18.4 Å². The van der Waals surface area contributed by atoms with Gasteiger partial charge in [0, 0.05) is 26.3 Å². The molecule has 0 atom stereocenters. The molecule has 1 aliphatic rings. The number of nitrogens with one attached hydrogen (secondary N) is 1. The fourth-order valence-corrected chi connectivity index (χ4v) is 2.71. The minimum atomic E-state index is -0.0548. The van der Waals surface area contributed by atoms with Gasteiger partial charge in [0.2, 0.25) is 5.91 Å². The van der Waals surface area contributed by atoms with Gasteiger partial charge in [-0.3, -0.25) is 19.1 Å². The van der Waals surface area contributed by atoms with Crippen LogP contribution in [0.2, 0.25) is 0 Å². The van der Waals surface area contributed by atoms with Crippen LogP contribution in [0.5, 0.6) is 0 Å². The van der Waals surface area contributed by atoms with Gasteiger partial charge in [-0.1, -0.05) is 0 Å². The summed E-state index contributed by atoms with van der Waals surface area (Å²) in [6, 6.07) is 1.88. The van der Waals surface area contributed by atoms with E-state index in [1.165, 1.54) is 0 Å². The van der Waals surface area contributed by atoms with E-state index in [9.17, 15) is 4.79 Å². The van der Waals surface area contributed by atoms with Gasteiger partial charge in [0.05, 0.1) is 42.5 Å². The highest BCUT2D eigenvalue weighted by Gasteiger charge is 2.20. The first-order valence-electron chi connectivity index (χ1n) is 7.24. The summed E-state index contributed by atoms with van der Waals surface area (Å²) >= 11 is 0. The number of hydrogen-bond acceptors (Lipinski definition) is 5. The summed E-state index contributed by atoms with van der Waals surface area (Å²) in [5.41, 5.74) is 3.25. The van der Waals surface area contributed by atoms with Gasteiger partial charge in [-0.05, 0) is 13.0 Å². The quantitative estimate of drug-likeness (QED) is 0.821. The highest BCUT2D eigenvalue weighted by molar-refractivity contribution is 5.92. The molecular weight excluding hydrogens is 284 g/mol. The number of aryl methyl sites for hydroxylation is 2. The molecule has 0 fully saturated rings. The van der Waals surface area contributed by atoms with Crippen LogP contribution in [0.1, 0.15) is 17.1 Å². The maximum atomic E-state index is 12.2. The number of carbonyl (C=O) groups is 1. The molecule has 3 rings (SSSR count). The predicted molar refractivity (Wildman–Crippen MR) is 80.0 cm³/mol. The van der Waals surface area contributed by atoms with Crippen LogP contribution in [0, 0.1) is 6.92 Å². The fraction of sp³-hybridized carbons (Fsp3) is 0.500. The minimum Gasteiger partial charge on any atom is -0.390 e. The molecule has 22 heavy (non-hydrogen) atoms. The normalized spacial score (nSPS) is 14.9. The number of aliphatic hydroxyl groups excluding tert-OH is 1. The summed E-state index contributed by atoms with van der Waals surface area (Å²) in [5, 5.41) is 20.5. The van der Waals surface area contributed by atoms with Crippen LogP contribution in [-0.4, -0.2) is 48.6 Å². The van der Waals surface area contributed by atoms with Crippen molar-refractivity contribution in [2.45, 2.75) is 26.6 Å². The molecule has 118 valence electrons. The van der Waals surface area contributed by atoms with Crippen LogP contribution < -0.4 is 5.32 Å². The van der Waals surface area contributed by atoms with Crippen LogP contribution >= 0.6 is 0 Å². The molecule has 1 amide bonds. The minimum absolute atomic E-state index is 0.0496. The van der Waals surface area contributed by atoms with E-state index in [-0.39, 0.29) is 12.5 Å². The van der Waals surface area contributed by atoms with Crippen molar-refractivity contribution in [3.05, 3.63) is 29.3 Å². The van der Waals surface area contributed by atoms with Gasteiger partial charge in [0.15, 0.2) is 0 Å². The molecule has 2 aromatic heterocycles. The third kappa shape index (κ3) is 3.02. The van der Waals surface area contributed by atoms with Crippen molar-refractivity contribution >= 4 is 11.6 Å². The highest BCUT2D eigenvalue weighted by atomic mass is 16.3. The molecule has 2 aromatic rings. The van der Waals surface area contributed by atoms with Crippen molar-refractivity contribution in [2.24, 2.45) is 7.05 Å². The zero-order valence-corrected chi connectivity index (χ0v) is 12.8. The Morgan fingerprint density at radius 3 is 2.91 bits per heavy atom. The van der Waals surface area contributed by atoms with Gasteiger partial charge in [-0.2, -0.15) is 10.2 Å². The van der Waals surface area contributed by atoms with Crippen molar-refractivity contribution < 1.29 is 9.90 Å². The van der Waals surface area contributed by atoms with Gasteiger partial charge >= 0.3 is 0 Å². The van der Waals surface area contributed by atoms with Crippen LogP contribution in [0.15, 0.2) is 12.3 Å². The van der Waals surface area contributed by atoms with E-state index < -0.39 is 0 Å². The number of carbonyl (C=O) groups excluding carboxylic acids is 1. The van der Waals surface area contributed by atoms with Crippen LogP contribution in [0.3, 0.4) is 0 Å². The Bertz CT molecular complexity index is 690. The number of fused-ring (bicyclic) bond motifs is 1. The van der Waals surface area contributed by atoms with E-state index in [1.807, 2.05) is 24.7 Å². The van der Waals surface area contributed by atoms with E-state index >= 15 is 0 Å². The fourth-order valence-electron chi connectivity index (χ4n) is 2.71. The zero-order chi connectivity index (χ0) is 15.7. The van der Waals surface area contributed by atoms with E-state index in [0.717, 1.165) is 30.2 Å². The molecule has 0 radical (unpaired) electrons. The Labute approximate surface area is 128 Å². The number of anilines is 1. The van der Waals surface area contributed by atoms with Crippen LogP contribution in [0.4, 0.5) is 5.69 Å². The zero-order valence-electron chi connectivity index (χ0n) is 12.8. The molecule has 0 unspecified atom stereocenters. The molecule has 0 saturated carbocycles. The molecule has 0 saturated heterocycles. The lowest BCUT2D eigenvalue weighted by Gasteiger charge is -2.26. The number of hydrogen-bond donors (Lipinski definition) is 2. The Morgan fingerprint density at radius 2 is 2.23 bits per heavy atom. The van der Waals surface area contributed by atoms with Gasteiger partial charge in [0.25, 0.3) is 0 Å². The van der Waals surface area contributed by atoms with Crippen molar-refractivity contribution in [1.82, 2.24) is 24.5 Å². The number of nitrogens with zero attached hydrogens (tertiary/aromatic N) is 5. The van der Waals surface area contributed by atoms with Crippen LogP contribution in [0.25, 0.3) is 0 Å². The second-order valence-corrected chi connectivity index (χ2v) is 5.57. The summed E-state index contributed by atoms with van der Waals surface area (Å²) in [6.07, 6.45) is 1.80. The largest absolute Gasteiger partial charge is 0.390 e. The molecule has 8 nitrogen and oxygen atoms in total. The number of rotatable bonds is 4. The molecule has 0 aromatic carbocycles. The second-order valence-electron chi connectivity index (χ2n) is 5.57. The Hall–Kier alpha value is -2.19.